The normalized spacial score (nSPS) is 12.2. The number of anilines is 1. The van der Waals surface area contributed by atoms with Crippen LogP contribution in [-0.4, -0.2) is 15.7 Å². The zero-order valence-corrected chi connectivity index (χ0v) is 10.4. The van der Waals surface area contributed by atoms with Gasteiger partial charge in [-0.15, -0.1) is 0 Å². The largest absolute Gasteiger partial charge is 0.324 e. The lowest BCUT2D eigenvalue weighted by Crippen LogP contribution is -2.15. The first kappa shape index (κ1) is 12.3. The molecule has 18 heavy (non-hydrogen) atoms. The quantitative estimate of drug-likeness (QED) is 0.863. The zero-order chi connectivity index (χ0) is 13.1. The number of benzene rings is 1. The molecule has 0 fully saturated rings. The first-order valence-electron chi connectivity index (χ1n) is 5.72. The number of carbonyl (C=O) groups is 1. The van der Waals surface area contributed by atoms with E-state index in [4.69, 9.17) is 5.73 Å². The lowest BCUT2D eigenvalue weighted by atomic mass is 10.1. The van der Waals surface area contributed by atoms with Crippen molar-refractivity contribution in [1.82, 2.24) is 9.78 Å². The van der Waals surface area contributed by atoms with E-state index < -0.39 is 0 Å². The molecule has 2 rings (SSSR count). The molecule has 0 bridgehead atoms. The number of hydrogen-bond acceptors (Lipinski definition) is 3. The number of nitrogens with zero attached hydrogens (tertiary/aromatic N) is 2. The van der Waals surface area contributed by atoms with Gasteiger partial charge in [0.1, 0.15) is 0 Å². The number of amides is 1. The van der Waals surface area contributed by atoms with Crippen molar-refractivity contribution in [2.75, 3.05) is 5.32 Å². The number of carbonyl (C=O) groups excluding carboxylic acids is 1. The van der Waals surface area contributed by atoms with E-state index in [1.807, 2.05) is 31.2 Å². The van der Waals surface area contributed by atoms with Crippen LogP contribution in [0.5, 0.6) is 0 Å². The van der Waals surface area contributed by atoms with E-state index in [0.29, 0.717) is 5.56 Å². The third kappa shape index (κ3) is 2.57. The van der Waals surface area contributed by atoms with Gasteiger partial charge in [-0.1, -0.05) is 18.2 Å². The molecule has 2 aromatic rings. The predicted octanol–water partition coefficient (Wildman–Crippen LogP) is 1.69. The van der Waals surface area contributed by atoms with Crippen LogP contribution >= 0.6 is 0 Å². The average molecular weight is 244 g/mol. The smallest absolute Gasteiger partial charge is 0.258 e. The molecule has 0 saturated heterocycles. The first-order valence-corrected chi connectivity index (χ1v) is 5.72. The fraction of sp³-hybridized carbons (Fsp3) is 0.231. The number of rotatable bonds is 3. The topological polar surface area (TPSA) is 72.9 Å². The van der Waals surface area contributed by atoms with Crippen LogP contribution in [0.15, 0.2) is 36.7 Å². The van der Waals surface area contributed by atoms with Gasteiger partial charge >= 0.3 is 0 Å². The molecule has 0 spiro atoms. The number of aromatic nitrogens is 2. The Morgan fingerprint density at radius 1 is 1.44 bits per heavy atom. The van der Waals surface area contributed by atoms with E-state index >= 15 is 0 Å². The summed E-state index contributed by atoms with van der Waals surface area (Å²) in [6, 6.07) is 7.38. The Morgan fingerprint density at radius 3 is 2.78 bits per heavy atom. The Hall–Kier alpha value is -2.14. The van der Waals surface area contributed by atoms with Crippen LogP contribution in [0.25, 0.3) is 0 Å². The molecule has 5 heteroatoms. The molecular formula is C13H16N4O. The fourth-order valence-corrected chi connectivity index (χ4v) is 1.74. The summed E-state index contributed by atoms with van der Waals surface area (Å²) in [5.41, 5.74) is 8.04. The minimum absolute atomic E-state index is 0.129. The van der Waals surface area contributed by atoms with Gasteiger partial charge in [0.15, 0.2) is 0 Å². The summed E-state index contributed by atoms with van der Waals surface area (Å²) in [7, 11) is 1.77. The van der Waals surface area contributed by atoms with E-state index in [1.165, 1.54) is 6.20 Å². The van der Waals surface area contributed by atoms with Gasteiger partial charge in [-0.2, -0.15) is 5.10 Å². The maximum absolute atomic E-state index is 12.0. The second-order valence-electron chi connectivity index (χ2n) is 4.23. The van der Waals surface area contributed by atoms with Gasteiger partial charge in [-0.25, -0.2) is 0 Å². The summed E-state index contributed by atoms with van der Waals surface area (Å²) in [4.78, 5) is 12.0. The van der Waals surface area contributed by atoms with E-state index in [2.05, 4.69) is 10.4 Å². The predicted molar refractivity (Wildman–Crippen MR) is 70.2 cm³/mol. The van der Waals surface area contributed by atoms with Crippen LogP contribution < -0.4 is 11.1 Å². The van der Waals surface area contributed by atoms with Crippen LogP contribution in [0, 0.1) is 0 Å². The van der Waals surface area contributed by atoms with Crippen molar-refractivity contribution in [1.29, 1.82) is 0 Å². The molecule has 0 radical (unpaired) electrons. The van der Waals surface area contributed by atoms with Gasteiger partial charge in [-0.3, -0.25) is 9.48 Å². The number of para-hydroxylation sites is 1. The van der Waals surface area contributed by atoms with E-state index in [0.717, 1.165) is 11.3 Å². The fourth-order valence-electron chi connectivity index (χ4n) is 1.74. The molecule has 94 valence electrons. The minimum atomic E-state index is -0.184. The van der Waals surface area contributed by atoms with Crippen molar-refractivity contribution in [3.05, 3.63) is 47.8 Å². The third-order valence-electron chi connectivity index (χ3n) is 2.67. The standard InChI is InChI=1S/C13H16N4O/c1-9(14)11-5-3-4-6-12(11)16-13(18)10-7-15-17(2)8-10/h3-9H,14H2,1-2H3,(H,16,18). The number of nitrogens with two attached hydrogens (primary N) is 1. The van der Waals surface area contributed by atoms with Gasteiger partial charge in [0.25, 0.3) is 5.91 Å². The van der Waals surface area contributed by atoms with Crippen LogP contribution in [0.4, 0.5) is 5.69 Å². The highest BCUT2D eigenvalue weighted by molar-refractivity contribution is 6.04. The highest BCUT2D eigenvalue weighted by Crippen LogP contribution is 2.21. The van der Waals surface area contributed by atoms with Gasteiger partial charge < -0.3 is 11.1 Å². The van der Waals surface area contributed by atoms with E-state index in [-0.39, 0.29) is 11.9 Å². The average Bonchev–Trinajstić information content (AvgIpc) is 2.76. The van der Waals surface area contributed by atoms with Crippen molar-refractivity contribution in [3.8, 4) is 0 Å². The lowest BCUT2D eigenvalue weighted by molar-refractivity contribution is 0.102. The number of aryl methyl sites for hydroxylation is 1. The monoisotopic (exact) mass is 244 g/mol. The van der Waals surface area contributed by atoms with Crippen molar-refractivity contribution in [3.63, 3.8) is 0 Å². The molecule has 0 saturated carbocycles. The molecule has 1 atom stereocenters. The molecule has 1 unspecified atom stereocenters. The third-order valence-corrected chi connectivity index (χ3v) is 2.67. The summed E-state index contributed by atoms with van der Waals surface area (Å²) < 4.78 is 1.59. The molecule has 1 aromatic heterocycles. The highest BCUT2D eigenvalue weighted by Gasteiger charge is 2.11. The van der Waals surface area contributed by atoms with Gasteiger partial charge in [0.2, 0.25) is 0 Å². The zero-order valence-electron chi connectivity index (χ0n) is 10.4. The van der Waals surface area contributed by atoms with Crippen LogP contribution in [0.2, 0.25) is 0 Å². The summed E-state index contributed by atoms with van der Waals surface area (Å²) in [6.45, 7) is 1.88. The molecule has 5 nitrogen and oxygen atoms in total. The van der Waals surface area contributed by atoms with Crippen LogP contribution in [-0.2, 0) is 7.05 Å². The number of hydrogen-bond donors (Lipinski definition) is 2. The molecule has 0 aliphatic carbocycles. The van der Waals surface area contributed by atoms with Crippen LogP contribution in [0.3, 0.4) is 0 Å². The Bertz CT molecular complexity index is 560. The summed E-state index contributed by atoms with van der Waals surface area (Å²) in [6.07, 6.45) is 3.20. The second-order valence-corrected chi connectivity index (χ2v) is 4.23. The van der Waals surface area contributed by atoms with Crippen molar-refractivity contribution in [2.45, 2.75) is 13.0 Å². The van der Waals surface area contributed by atoms with Gasteiger partial charge in [0.05, 0.1) is 11.8 Å². The lowest BCUT2D eigenvalue weighted by Gasteiger charge is -2.12. The Kier molecular flexibility index (Phi) is 3.43. The molecule has 0 aliphatic rings. The molecule has 1 amide bonds. The highest BCUT2D eigenvalue weighted by atomic mass is 16.1. The van der Waals surface area contributed by atoms with Gasteiger partial charge in [-0.05, 0) is 18.6 Å². The summed E-state index contributed by atoms with van der Waals surface area (Å²) in [5.74, 6) is -0.184. The molecule has 3 N–H and O–H groups in total. The van der Waals surface area contributed by atoms with Crippen molar-refractivity contribution < 1.29 is 4.79 Å². The second kappa shape index (κ2) is 5.01. The first-order chi connectivity index (χ1) is 8.58. The molecular weight excluding hydrogens is 228 g/mol. The van der Waals surface area contributed by atoms with Crippen molar-refractivity contribution in [2.24, 2.45) is 12.8 Å². The van der Waals surface area contributed by atoms with E-state index in [1.54, 1.807) is 17.9 Å². The molecule has 1 aromatic carbocycles. The summed E-state index contributed by atoms with van der Waals surface area (Å²) >= 11 is 0. The van der Waals surface area contributed by atoms with Crippen molar-refractivity contribution >= 4 is 11.6 Å². The number of nitrogens with one attached hydrogen (secondary N) is 1. The summed E-state index contributed by atoms with van der Waals surface area (Å²) in [5, 5.41) is 6.82. The maximum atomic E-state index is 12.0. The Balaban J connectivity index is 2.22. The molecule has 0 aliphatic heterocycles. The Morgan fingerprint density at radius 2 is 2.17 bits per heavy atom. The molecule has 1 heterocycles. The van der Waals surface area contributed by atoms with Crippen LogP contribution in [0.1, 0.15) is 28.9 Å². The maximum Gasteiger partial charge on any atom is 0.258 e. The SMILES string of the molecule is CC(N)c1ccccc1NC(=O)c1cnn(C)c1. The van der Waals surface area contributed by atoms with Gasteiger partial charge in [0, 0.05) is 25.0 Å². The minimum Gasteiger partial charge on any atom is -0.324 e. The Labute approximate surface area is 106 Å². The van der Waals surface area contributed by atoms with E-state index in [9.17, 15) is 4.79 Å².